The Hall–Kier alpha value is -3.71. The summed E-state index contributed by atoms with van der Waals surface area (Å²) in [5.41, 5.74) is 2.20. The molecule has 37 heavy (non-hydrogen) atoms. The van der Waals surface area contributed by atoms with Gasteiger partial charge in [0.2, 0.25) is 0 Å². The molecule has 2 N–H and O–H groups in total. The molecular formula is C27H28F4N4O2. The van der Waals surface area contributed by atoms with Crippen LogP contribution in [0.5, 0.6) is 5.75 Å². The molecule has 0 bridgehead atoms. The van der Waals surface area contributed by atoms with Gasteiger partial charge in [0.1, 0.15) is 24.8 Å². The number of aldehydes is 1. The van der Waals surface area contributed by atoms with Crippen LogP contribution in [0.1, 0.15) is 22.5 Å². The Kier molecular flexibility index (Phi) is 7.93. The minimum absolute atomic E-state index is 0.134. The fraction of sp³-hybridized carbons (Fsp3) is 0.370. The number of piperidine rings is 1. The molecule has 196 valence electrons. The van der Waals surface area contributed by atoms with Crippen molar-refractivity contribution < 1.29 is 27.1 Å². The summed E-state index contributed by atoms with van der Waals surface area (Å²) < 4.78 is 61.4. The van der Waals surface area contributed by atoms with Crippen molar-refractivity contribution in [2.24, 2.45) is 0 Å². The number of hydrogen-bond donors (Lipinski definition) is 2. The van der Waals surface area contributed by atoms with E-state index in [1.165, 1.54) is 7.11 Å². The van der Waals surface area contributed by atoms with Gasteiger partial charge in [0, 0.05) is 29.7 Å². The number of alkyl halides is 4. The molecular weight excluding hydrogens is 488 g/mol. The van der Waals surface area contributed by atoms with E-state index in [9.17, 15) is 22.4 Å². The second-order valence-electron chi connectivity index (χ2n) is 9.02. The highest BCUT2D eigenvalue weighted by Crippen LogP contribution is 2.31. The average molecular weight is 517 g/mol. The summed E-state index contributed by atoms with van der Waals surface area (Å²) in [5.74, 6) is 6.17. The van der Waals surface area contributed by atoms with Gasteiger partial charge in [-0.1, -0.05) is 12.0 Å². The van der Waals surface area contributed by atoms with Gasteiger partial charge in [-0.15, -0.1) is 0 Å². The Bertz CT molecular complexity index is 1330. The monoisotopic (exact) mass is 516 g/mol. The van der Waals surface area contributed by atoms with Crippen LogP contribution in [-0.4, -0.2) is 67.9 Å². The van der Waals surface area contributed by atoms with E-state index in [2.05, 4.69) is 22.5 Å². The van der Waals surface area contributed by atoms with E-state index < -0.39 is 24.9 Å². The topological polar surface area (TPSA) is 58.5 Å². The molecule has 2 aromatic carbocycles. The van der Waals surface area contributed by atoms with Gasteiger partial charge in [0.15, 0.2) is 0 Å². The van der Waals surface area contributed by atoms with Crippen LogP contribution in [-0.2, 0) is 6.54 Å². The first kappa shape index (κ1) is 26.4. The molecule has 1 aliphatic rings. The van der Waals surface area contributed by atoms with Crippen molar-refractivity contribution in [3.8, 4) is 17.6 Å². The fourth-order valence-corrected chi connectivity index (χ4v) is 4.48. The van der Waals surface area contributed by atoms with Crippen LogP contribution in [0.25, 0.3) is 10.9 Å². The summed E-state index contributed by atoms with van der Waals surface area (Å²) >= 11 is 0. The number of ether oxygens (including phenoxy) is 1. The molecule has 10 heteroatoms. The number of aromatic nitrogens is 1. The second-order valence-corrected chi connectivity index (χ2v) is 9.02. The lowest BCUT2D eigenvalue weighted by Gasteiger charge is -2.33. The molecule has 0 saturated carbocycles. The second kappa shape index (κ2) is 11.1. The first-order valence-electron chi connectivity index (χ1n) is 11.8. The number of anilines is 2. The highest BCUT2D eigenvalue weighted by atomic mass is 19.4. The van der Waals surface area contributed by atoms with Crippen LogP contribution in [0, 0.1) is 11.8 Å². The number of carbonyl (C=O) groups excluding carboxylic acids is 1. The van der Waals surface area contributed by atoms with Gasteiger partial charge in [-0.2, -0.15) is 13.2 Å². The standard InChI is InChI=1S/C27H28F4N4O2/c1-34-12-10-23(21(28)15-34)33-22-6-3-7-25-20(22)14-19(35(25)17-27(29,30)31)5-4-11-32-24-9-8-18(16-36)13-26(24)37-2/h3,6-9,13-14,16,21,23,32-33H,10-12,15,17H2,1-2H3. The number of rotatable bonds is 7. The molecule has 4 rings (SSSR count). The third-order valence-corrected chi connectivity index (χ3v) is 6.31. The quantitative estimate of drug-likeness (QED) is 0.265. The predicted octanol–water partition coefficient (Wildman–Crippen LogP) is 4.94. The van der Waals surface area contributed by atoms with Gasteiger partial charge < -0.3 is 24.8 Å². The van der Waals surface area contributed by atoms with Gasteiger partial charge >= 0.3 is 6.18 Å². The van der Waals surface area contributed by atoms with Crippen LogP contribution < -0.4 is 15.4 Å². The Morgan fingerprint density at radius 3 is 2.70 bits per heavy atom. The molecule has 0 spiro atoms. The highest BCUT2D eigenvalue weighted by Gasteiger charge is 2.31. The van der Waals surface area contributed by atoms with Crippen molar-refractivity contribution in [1.29, 1.82) is 0 Å². The third-order valence-electron chi connectivity index (χ3n) is 6.31. The molecule has 6 nitrogen and oxygen atoms in total. The van der Waals surface area contributed by atoms with Crippen molar-refractivity contribution in [1.82, 2.24) is 9.47 Å². The number of methoxy groups -OCH3 is 1. The van der Waals surface area contributed by atoms with Crippen LogP contribution in [0.3, 0.4) is 0 Å². The lowest BCUT2D eigenvalue weighted by Crippen LogP contribution is -2.46. The van der Waals surface area contributed by atoms with Crippen LogP contribution in [0.2, 0.25) is 0 Å². The largest absolute Gasteiger partial charge is 0.495 e. The maximum absolute atomic E-state index is 14.6. The van der Waals surface area contributed by atoms with Gasteiger partial charge in [-0.3, -0.25) is 4.79 Å². The minimum atomic E-state index is -4.45. The van der Waals surface area contributed by atoms with E-state index in [-0.39, 0.29) is 12.2 Å². The summed E-state index contributed by atoms with van der Waals surface area (Å²) in [4.78, 5) is 12.9. The van der Waals surface area contributed by atoms with Gasteiger partial charge in [-0.05, 0) is 55.8 Å². The lowest BCUT2D eigenvalue weighted by molar-refractivity contribution is -0.140. The number of fused-ring (bicyclic) bond motifs is 1. The summed E-state index contributed by atoms with van der Waals surface area (Å²) in [6, 6.07) is 11.1. The van der Waals surface area contributed by atoms with Crippen molar-refractivity contribution in [3.05, 3.63) is 53.7 Å². The molecule has 2 unspecified atom stereocenters. The SMILES string of the molecule is COc1cc(C=O)ccc1NCC#Cc1cc2c(NC3CCN(C)CC3F)cccc2n1CC(F)(F)F. The Labute approximate surface area is 212 Å². The first-order valence-corrected chi connectivity index (χ1v) is 11.8. The molecule has 1 aromatic heterocycles. The summed E-state index contributed by atoms with van der Waals surface area (Å²) in [5, 5.41) is 6.83. The molecule has 1 aliphatic heterocycles. The maximum atomic E-state index is 14.6. The molecule has 0 amide bonds. The van der Waals surface area contributed by atoms with E-state index in [1.807, 2.05) is 11.9 Å². The zero-order valence-corrected chi connectivity index (χ0v) is 20.5. The summed E-state index contributed by atoms with van der Waals surface area (Å²) in [7, 11) is 3.33. The number of likely N-dealkylation sites (tertiary alicyclic amines) is 1. The van der Waals surface area contributed by atoms with Crippen molar-refractivity contribution in [3.63, 3.8) is 0 Å². The molecule has 1 fully saturated rings. The number of carbonyl (C=O) groups is 1. The predicted molar refractivity (Wildman–Crippen MR) is 136 cm³/mol. The fourth-order valence-electron chi connectivity index (χ4n) is 4.48. The maximum Gasteiger partial charge on any atom is 0.406 e. The van der Waals surface area contributed by atoms with E-state index in [0.29, 0.717) is 52.8 Å². The van der Waals surface area contributed by atoms with Gasteiger partial charge in [0.05, 0.1) is 36.6 Å². The zero-order valence-electron chi connectivity index (χ0n) is 20.5. The highest BCUT2D eigenvalue weighted by molar-refractivity contribution is 5.94. The van der Waals surface area contributed by atoms with E-state index in [1.54, 1.807) is 42.5 Å². The van der Waals surface area contributed by atoms with Crippen LogP contribution >= 0.6 is 0 Å². The van der Waals surface area contributed by atoms with Gasteiger partial charge in [-0.25, -0.2) is 4.39 Å². The first-order chi connectivity index (χ1) is 17.7. The van der Waals surface area contributed by atoms with E-state index in [4.69, 9.17) is 4.74 Å². The number of nitrogens with one attached hydrogen (secondary N) is 2. The number of halogens is 4. The van der Waals surface area contributed by atoms with Crippen molar-refractivity contribution in [2.75, 3.05) is 44.4 Å². The Morgan fingerprint density at radius 1 is 1.19 bits per heavy atom. The Morgan fingerprint density at radius 2 is 2.00 bits per heavy atom. The van der Waals surface area contributed by atoms with E-state index in [0.717, 1.165) is 11.1 Å². The smallest absolute Gasteiger partial charge is 0.406 e. The Balaban J connectivity index is 1.61. The molecule has 1 saturated heterocycles. The molecule has 0 aliphatic carbocycles. The molecule has 2 heterocycles. The van der Waals surface area contributed by atoms with Crippen molar-refractivity contribution in [2.45, 2.75) is 31.4 Å². The van der Waals surface area contributed by atoms with Crippen molar-refractivity contribution >= 4 is 28.6 Å². The summed E-state index contributed by atoms with van der Waals surface area (Å²) in [6.45, 7) is -0.0302. The van der Waals surface area contributed by atoms with Gasteiger partial charge in [0.25, 0.3) is 0 Å². The minimum Gasteiger partial charge on any atom is -0.495 e. The average Bonchev–Trinajstić information content (AvgIpc) is 3.20. The van der Waals surface area contributed by atoms with Crippen LogP contribution in [0.15, 0.2) is 42.5 Å². The molecule has 3 aromatic rings. The number of benzene rings is 2. The zero-order chi connectivity index (χ0) is 26.6. The third kappa shape index (κ3) is 6.35. The lowest BCUT2D eigenvalue weighted by atomic mass is 10.0. The van der Waals surface area contributed by atoms with E-state index >= 15 is 0 Å². The molecule has 2 atom stereocenters. The number of hydrogen-bond acceptors (Lipinski definition) is 5. The van der Waals surface area contributed by atoms with Crippen LogP contribution in [0.4, 0.5) is 28.9 Å². The normalized spacial score (nSPS) is 18.2. The molecule has 0 radical (unpaired) electrons. The summed E-state index contributed by atoms with van der Waals surface area (Å²) in [6.07, 6.45) is -4.24. The number of nitrogens with zero attached hydrogens (tertiary/aromatic N) is 2.